The van der Waals surface area contributed by atoms with Gasteiger partial charge in [0.15, 0.2) is 0 Å². The summed E-state index contributed by atoms with van der Waals surface area (Å²) >= 11 is 0. The number of benzene rings is 3. The number of amides is 2. The third-order valence-corrected chi connectivity index (χ3v) is 5.49. The summed E-state index contributed by atoms with van der Waals surface area (Å²) in [4.78, 5) is 27.1. The summed E-state index contributed by atoms with van der Waals surface area (Å²) in [6.07, 6.45) is 4.49. The number of carbonyl (C=O) groups excluding carboxylic acids is 2. The van der Waals surface area contributed by atoms with Gasteiger partial charge in [-0.1, -0.05) is 49.2 Å². The molecule has 1 saturated heterocycles. The monoisotopic (exact) mass is 401 g/mol. The molecule has 2 amide bonds. The average molecular weight is 402 g/mol. The van der Waals surface area contributed by atoms with Crippen molar-refractivity contribution in [2.45, 2.75) is 25.7 Å². The van der Waals surface area contributed by atoms with Crippen LogP contribution in [0.2, 0.25) is 0 Å². The Bertz CT molecular complexity index is 1040. The topological polar surface area (TPSA) is 61.4 Å². The molecular weight excluding hydrogens is 374 g/mol. The summed E-state index contributed by atoms with van der Waals surface area (Å²) in [5.41, 5.74) is 2.16. The predicted molar refractivity (Wildman–Crippen MR) is 122 cm³/mol. The highest BCUT2D eigenvalue weighted by Gasteiger charge is 2.17. The Labute approximate surface area is 177 Å². The van der Waals surface area contributed by atoms with E-state index >= 15 is 0 Å². The lowest BCUT2D eigenvalue weighted by molar-refractivity contribution is -0.114. The summed E-state index contributed by atoms with van der Waals surface area (Å²) in [6.45, 7) is 1.78. The molecular formula is C25H27N3O2. The van der Waals surface area contributed by atoms with Crippen LogP contribution in [0.4, 0.5) is 11.4 Å². The molecule has 30 heavy (non-hydrogen) atoms. The molecule has 0 radical (unpaired) electrons. The Morgan fingerprint density at radius 1 is 0.767 bits per heavy atom. The van der Waals surface area contributed by atoms with E-state index in [1.54, 1.807) is 6.07 Å². The molecule has 1 aliphatic rings. The standard InChI is InChI=1S/C25H27N3O2/c29-24(18-26-22-13-12-19-8-3-4-9-20(19)16-22)27-23-11-7-10-21(17-23)25(30)28-14-5-1-2-6-15-28/h3-4,7-13,16-17,26H,1-2,5-6,14-15,18H2,(H,27,29). The fraction of sp³-hybridized carbons (Fsp3) is 0.280. The minimum atomic E-state index is -0.150. The Kier molecular flexibility index (Phi) is 6.28. The second kappa shape index (κ2) is 9.44. The van der Waals surface area contributed by atoms with Crippen LogP contribution < -0.4 is 10.6 Å². The average Bonchev–Trinajstić information content (AvgIpc) is 3.07. The molecule has 0 saturated carbocycles. The van der Waals surface area contributed by atoms with Gasteiger partial charge in [0.1, 0.15) is 0 Å². The molecule has 0 aromatic heterocycles. The van der Waals surface area contributed by atoms with Crippen molar-refractivity contribution in [3.63, 3.8) is 0 Å². The Hall–Kier alpha value is -3.34. The second-order valence-electron chi connectivity index (χ2n) is 7.75. The van der Waals surface area contributed by atoms with Gasteiger partial charge >= 0.3 is 0 Å². The number of nitrogens with zero attached hydrogens (tertiary/aromatic N) is 1. The summed E-state index contributed by atoms with van der Waals surface area (Å²) in [5, 5.41) is 8.35. The van der Waals surface area contributed by atoms with Crippen LogP contribution in [0.15, 0.2) is 66.7 Å². The van der Waals surface area contributed by atoms with Crippen molar-refractivity contribution in [3.8, 4) is 0 Å². The van der Waals surface area contributed by atoms with Gasteiger partial charge in [0.2, 0.25) is 5.91 Å². The van der Waals surface area contributed by atoms with Gasteiger partial charge in [0.05, 0.1) is 6.54 Å². The molecule has 5 heteroatoms. The van der Waals surface area contributed by atoms with Crippen molar-refractivity contribution >= 4 is 34.0 Å². The largest absolute Gasteiger partial charge is 0.376 e. The molecule has 0 spiro atoms. The van der Waals surface area contributed by atoms with E-state index in [-0.39, 0.29) is 18.4 Å². The molecule has 4 rings (SSSR count). The van der Waals surface area contributed by atoms with Gasteiger partial charge in [0, 0.05) is 30.0 Å². The first-order chi connectivity index (χ1) is 14.7. The lowest BCUT2D eigenvalue weighted by Crippen LogP contribution is -2.31. The summed E-state index contributed by atoms with van der Waals surface area (Å²) in [6, 6.07) is 21.4. The van der Waals surface area contributed by atoms with Crippen molar-refractivity contribution < 1.29 is 9.59 Å². The molecule has 154 valence electrons. The SMILES string of the molecule is O=C(CNc1ccc2ccccc2c1)Nc1cccc(C(=O)N2CCCCCC2)c1. The van der Waals surface area contributed by atoms with Crippen LogP contribution in [0.25, 0.3) is 10.8 Å². The first-order valence-electron chi connectivity index (χ1n) is 10.6. The fourth-order valence-corrected chi connectivity index (χ4v) is 3.87. The number of nitrogens with one attached hydrogen (secondary N) is 2. The lowest BCUT2D eigenvalue weighted by atomic mass is 10.1. The van der Waals surface area contributed by atoms with Crippen LogP contribution in [0.1, 0.15) is 36.0 Å². The van der Waals surface area contributed by atoms with Crippen LogP contribution in [-0.2, 0) is 4.79 Å². The molecule has 0 aliphatic carbocycles. The molecule has 0 bridgehead atoms. The van der Waals surface area contributed by atoms with Gasteiger partial charge in [-0.25, -0.2) is 0 Å². The zero-order valence-electron chi connectivity index (χ0n) is 17.1. The van der Waals surface area contributed by atoms with E-state index in [9.17, 15) is 9.59 Å². The lowest BCUT2D eigenvalue weighted by Gasteiger charge is -2.20. The molecule has 1 fully saturated rings. The summed E-state index contributed by atoms with van der Waals surface area (Å²) < 4.78 is 0. The number of fused-ring (bicyclic) bond motifs is 1. The zero-order chi connectivity index (χ0) is 20.8. The first-order valence-corrected chi connectivity index (χ1v) is 10.6. The first kappa shape index (κ1) is 20.0. The summed E-state index contributed by atoms with van der Waals surface area (Å²) in [7, 11) is 0. The van der Waals surface area contributed by atoms with Gasteiger partial charge in [-0.3, -0.25) is 9.59 Å². The highest BCUT2D eigenvalue weighted by molar-refractivity contribution is 5.98. The van der Waals surface area contributed by atoms with Gasteiger partial charge < -0.3 is 15.5 Å². The molecule has 3 aromatic carbocycles. The van der Waals surface area contributed by atoms with Crippen molar-refractivity contribution in [1.82, 2.24) is 4.90 Å². The molecule has 1 heterocycles. The molecule has 2 N–H and O–H groups in total. The number of hydrogen-bond acceptors (Lipinski definition) is 3. The third-order valence-electron chi connectivity index (χ3n) is 5.49. The van der Waals surface area contributed by atoms with E-state index in [2.05, 4.69) is 16.7 Å². The van der Waals surface area contributed by atoms with Crippen molar-refractivity contribution in [2.24, 2.45) is 0 Å². The second-order valence-corrected chi connectivity index (χ2v) is 7.75. The highest BCUT2D eigenvalue weighted by atomic mass is 16.2. The number of anilines is 2. The van der Waals surface area contributed by atoms with Crippen LogP contribution >= 0.6 is 0 Å². The van der Waals surface area contributed by atoms with E-state index < -0.39 is 0 Å². The minimum Gasteiger partial charge on any atom is -0.376 e. The van der Waals surface area contributed by atoms with Crippen molar-refractivity contribution in [3.05, 3.63) is 72.3 Å². The maximum absolute atomic E-state index is 12.8. The van der Waals surface area contributed by atoms with E-state index in [1.165, 1.54) is 18.2 Å². The van der Waals surface area contributed by atoms with Gasteiger partial charge in [-0.05, 0) is 53.9 Å². The Morgan fingerprint density at radius 3 is 2.33 bits per heavy atom. The van der Waals surface area contributed by atoms with E-state index in [0.717, 1.165) is 37.0 Å². The Morgan fingerprint density at radius 2 is 1.53 bits per heavy atom. The molecule has 0 atom stereocenters. The van der Waals surface area contributed by atoms with E-state index in [1.807, 2.05) is 59.5 Å². The third kappa shape index (κ3) is 4.98. The Balaban J connectivity index is 1.35. The predicted octanol–water partition coefficient (Wildman–Crippen LogP) is 4.91. The van der Waals surface area contributed by atoms with Crippen LogP contribution in [-0.4, -0.2) is 36.3 Å². The fourth-order valence-electron chi connectivity index (χ4n) is 3.87. The van der Waals surface area contributed by atoms with Gasteiger partial charge in [-0.2, -0.15) is 0 Å². The number of hydrogen-bond donors (Lipinski definition) is 2. The molecule has 5 nitrogen and oxygen atoms in total. The maximum atomic E-state index is 12.8. The molecule has 0 unspecified atom stereocenters. The smallest absolute Gasteiger partial charge is 0.253 e. The maximum Gasteiger partial charge on any atom is 0.253 e. The minimum absolute atomic E-state index is 0.0438. The van der Waals surface area contributed by atoms with Crippen molar-refractivity contribution in [2.75, 3.05) is 30.3 Å². The van der Waals surface area contributed by atoms with E-state index in [0.29, 0.717) is 11.3 Å². The van der Waals surface area contributed by atoms with Crippen LogP contribution in [0.3, 0.4) is 0 Å². The zero-order valence-corrected chi connectivity index (χ0v) is 17.1. The van der Waals surface area contributed by atoms with Crippen molar-refractivity contribution in [1.29, 1.82) is 0 Å². The number of rotatable bonds is 5. The van der Waals surface area contributed by atoms with Gasteiger partial charge in [-0.15, -0.1) is 0 Å². The number of likely N-dealkylation sites (tertiary alicyclic amines) is 1. The summed E-state index contributed by atoms with van der Waals surface area (Å²) in [5.74, 6) is -0.107. The molecule has 3 aromatic rings. The quantitative estimate of drug-likeness (QED) is 0.639. The van der Waals surface area contributed by atoms with Crippen LogP contribution in [0, 0.1) is 0 Å². The highest BCUT2D eigenvalue weighted by Crippen LogP contribution is 2.19. The normalized spacial score (nSPS) is 14.2. The molecule has 1 aliphatic heterocycles. The number of carbonyl (C=O) groups is 2. The van der Waals surface area contributed by atoms with Gasteiger partial charge in [0.25, 0.3) is 5.91 Å². The van der Waals surface area contributed by atoms with E-state index in [4.69, 9.17) is 0 Å². The van der Waals surface area contributed by atoms with Crippen LogP contribution in [0.5, 0.6) is 0 Å².